The molecule has 0 spiro atoms. The van der Waals surface area contributed by atoms with Gasteiger partial charge >= 0.3 is 0 Å². The molecule has 0 saturated carbocycles. The molecule has 0 saturated heterocycles. The lowest BCUT2D eigenvalue weighted by atomic mass is 10.3. The summed E-state index contributed by atoms with van der Waals surface area (Å²) in [5.74, 6) is 0.396. The fraction of sp³-hybridized carbons (Fsp3) is 0.214. The zero-order valence-electron chi connectivity index (χ0n) is 10.9. The SMILES string of the molecule is O=C(CSc1cc(Cl)ccc1Cl)NCC(O)c1ccco1. The third kappa shape index (κ3) is 4.97. The Bertz CT molecular complexity index is 604. The Morgan fingerprint density at radius 1 is 1.38 bits per heavy atom. The van der Waals surface area contributed by atoms with Crippen molar-refractivity contribution in [1.82, 2.24) is 5.32 Å². The number of carbonyl (C=O) groups excluding carboxylic acids is 1. The third-order valence-corrected chi connectivity index (χ3v) is 4.35. The summed E-state index contributed by atoms with van der Waals surface area (Å²) in [7, 11) is 0. The predicted octanol–water partition coefficient (Wildman–Crippen LogP) is 3.53. The maximum atomic E-state index is 11.7. The van der Waals surface area contributed by atoms with E-state index in [1.807, 2.05) is 0 Å². The van der Waals surface area contributed by atoms with Gasteiger partial charge in [-0.05, 0) is 30.3 Å². The van der Waals surface area contributed by atoms with Gasteiger partial charge < -0.3 is 14.8 Å². The topological polar surface area (TPSA) is 62.5 Å². The van der Waals surface area contributed by atoms with E-state index in [-0.39, 0.29) is 18.2 Å². The largest absolute Gasteiger partial charge is 0.467 e. The second-order valence-corrected chi connectivity index (χ2v) is 6.06. The summed E-state index contributed by atoms with van der Waals surface area (Å²) in [6.45, 7) is 0.0934. The first-order valence-corrected chi connectivity index (χ1v) is 7.86. The molecule has 7 heteroatoms. The van der Waals surface area contributed by atoms with Crippen molar-refractivity contribution in [2.24, 2.45) is 0 Å². The summed E-state index contributed by atoms with van der Waals surface area (Å²) in [5, 5.41) is 13.5. The normalized spacial score (nSPS) is 12.1. The molecule has 1 aromatic carbocycles. The van der Waals surface area contributed by atoms with E-state index in [0.29, 0.717) is 15.8 Å². The molecule has 2 rings (SSSR count). The van der Waals surface area contributed by atoms with Gasteiger partial charge in [0.2, 0.25) is 5.91 Å². The van der Waals surface area contributed by atoms with Gasteiger partial charge in [-0.3, -0.25) is 4.79 Å². The smallest absolute Gasteiger partial charge is 0.230 e. The lowest BCUT2D eigenvalue weighted by Crippen LogP contribution is -2.29. The summed E-state index contributed by atoms with van der Waals surface area (Å²) in [5.41, 5.74) is 0. The number of aliphatic hydroxyl groups is 1. The summed E-state index contributed by atoms with van der Waals surface area (Å²) >= 11 is 13.2. The van der Waals surface area contributed by atoms with Gasteiger partial charge in [-0.1, -0.05) is 23.2 Å². The van der Waals surface area contributed by atoms with Crippen molar-refractivity contribution in [3.8, 4) is 0 Å². The van der Waals surface area contributed by atoms with Crippen LogP contribution in [0.3, 0.4) is 0 Å². The van der Waals surface area contributed by atoms with E-state index in [4.69, 9.17) is 27.6 Å². The predicted molar refractivity (Wildman–Crippen MR) is 83.9 cm³/mol. The quantitative estimate of drug-likeness (QED) is 0.786. The zero-order valence-corrected chi connectivity index (χ0v) is 13.2. The molecule has 1 aromatic heterocycles. The second kappa shape index (κ2) is 7.75. The van der Waals surface area contributed by atoms with Crippen LogP contribution in [0.25, 0.3) is 0 Å². The number of rotatable bonds is 6. The average molecular weight is 346 g/mol. The van der Waals surface area contributed by atoms with Crippen molar-refractivity contribution in [3.63, 3.8) is 0 Å². The summed E-state index contributed by atoms with van der Waals surface area (Å²) in [6.07, 6.45) is 0.612. The number of carbonyl (C=O) groups is 1. The fourth-order valence-corrected chi connectivity index (χ4v) is 2.90. The number of halogens is 2. The number of hydrogen-bond acceptors (Lipinski definition) is 4. The highest BCUT2D eigenvalue weighted by Gasteiger charge is 2.12. The lowest BCUT2D eigenvalue weighted by Gasteiger charge is -2.10. The molecular formula is C14H13Cl2NO3S. The van der Waals surface area contributed by atoms with Crippen LogP contribution in [0.5, 0.6) is 0 Å². The molecule has 21 heavy (non-hydrogen) atoms. The van der Waals surface area contributed by atoms with Gasteiger partial charge in [0.05, 0.1) is 23.6 Å². The van der Waals surface area contributed by atoms with Crippen molar-refractivity contribution < 1.29 is 14.3 Å². The zero-order chi connectivity index (χ0) is 15.2. The van der Waals surface area contributed by atoms with Crippen LogP contribution < -0.4 is 5.32 Å². The van der Waals surface area contributed by atoms with E-state index in [1.165, 1.54) is 18.0 Å². The molecule has 1 heterocycles. The van der Waals surface area contributed by atoms with E-state index in [9.17, 15) is 9.90 Å². The first-order valence-electron chi connectivity index (χ1n) is 6.12. The van der Waals surface area contributed by atoms with Crippen LogP contribution in [0, 0.1) is 0 Å². The second-order valence-electron chi connectivity index (χ2n) is 4.20. The monoisotopic (exact) mass is 345 g/mol. The number of furan rings is 1. The third-order valence-electron chi connectivity index (χ3n) is 2.62. The minimum atomic E-state index is -0.858. The highest BCUT2D eigenvalue weighted by molar-refractivity contribution is 8.00. The Hall–Kier alpha value is -1.14. The molecular weight excluding hydrogens is 333 g/mol. The molecule has 2 N–H and O–H groups in total. The standard InChI is InChI=1S/C14H13Cl2NO3S/c15-9-3-4-10(16)13(6-9)21-8-14(19)17-7-11(18)12-2-1-5-20-12/h1-6,11,18H,7-8H2,(H,17,19). The maximum absolute atomic E-state index is 11.7. The van der Waals surface area contributed by atoms with Crippen molar-refractivity contribution in [2.75, 3.05) is 12.3 Å². The Balaban J connectivity index is 1.78. The highest BCUT2D eigenvalue weighted by Crippen LogP contribution is 2.29. The maximum Gasteiger partial charge on any atom is 0.230 e. The Morgan fingerprint density at radius 2 is 2.19 bits per heavy atom. The van der Waals surface area contributed by atoms with E-state index in [2.05, 4.69) is 5.32 Å². The van der Waals surface area contributed by atoms with Gasteiger partial charge in [0.1, 0.15) is 11.9 Å². The summed E-state index contributed by atoms with van der Waals surface area (Å²) in [4.78, 5) is 12.5. The summed E-state index contributed by atoms with van der Waals surface area (Å²) in [6, 6.07) is 8.41. The average Bonchev–Trinajstić information content (AvgIpc) is 3.00. The first-order chi connectivity index (χ1) is 10.1. The van der Waals surface area contributed by atoms with E-state index in [1.54, 1.807) is 30.3 Å². The molecule has 0 bridgehead atoms. The van der Waals surface area contributed by atoms with Crippen molar-refractivity contribution >= 4 is 40.9 Å². The number of nitrogens with one attached hydrogen (secondary N) is 1. The molecule has 0 aliphatic heterocycles. The minimum absolute atomic E-state index is 0.0934. The van der Waals surface area contributed by atoms with Crippen LogP contribution in [0.15, 0.2) is 45.9 Å². The van der Waals surface area contributed by atoms with Crippen LogP contribution in [-0.4, -0.2) is 23.3 Å². The number of thioether (sulfide) groups is 1. The molecule has 0 aliphatic carbocycles. The van der Waals surface area contributed by atoms with Gasteiger partial charge in [0.25, 0.3) is 0 Å². The lowest BCUT2D eigenvalue weighted by molar-refractivity contribution is -0.119. The van der Waals surface area contributed by atoms with Crippen molar-refractivity contribution in [1.29, 1.82) is 0 Å². The van der Waals surface area contributed by atoms with Crippen LogP contribution in [0.2, 0.25) is 10.0 Å². The Labute approximate surface area is 136 Å². The molecule has 1 amide bonds. The van der Waals surface area contributed by atoms with Crippen molar-refractivity contribution in [2.45, 2.75) is 11.0 Å². The van der Waals surface area contributed by atoms with Crippen LogP contribution in [0.1, 0.15) is 11.9 Å². The van der Waals surface area contributed by atoms with Crippen LogP contribution in [0.4, 0.5) is 0 Å². The number of benzene rings is 1. The molecule has 4 nitrogen and oxygen atoms in total. The Morgan fingerprint density at radius 3 is 2.90 bits per heavy atom. The van der Waals surface area contributed by atoms with Gasteiger partial charge in [0, 0.05) is 9.92 Å². The Kier molecular flexibility index (Phi) is 5.99. The molecule has 1 unspecified atom stereocenters. The fourth-order valence-electron chi connectivity index (χ4n) is 1.57. The molecule has 1 atom stereocenters. The van der Waals surface area contributed by atoms with E-state index < -0.39 is 6.10 Å². The van der Waals surface area contributed by atoms with Gasteiger partial charge in [0.15, 0.2) is 0 Å². The molecule has 0 radical (unpaired) electrons. The molecule has 2 aromatic rings. The van der Waals surface area contributed by atoms with Gasteiger partial charge in [-0.25, -0.2) is 0 Å². The summed E-state index contributed by atoms with van der Waals surface area (Å²) < 4.78 is 5.05. The van der Waals surface area contributed by atoms with E-state index >= 15 is 0 Å². The molecule has 0 aliphatic rings. The molecule has 0 fully saturated rings. The van der Waals surface area contributed by atoms with Crippen LogP contribution in [-0.2, 0) is 4.79 Å². The van der Waals surface area contributed by atoms with E-state index in [0.717, 1.165) is 4.90 Å². The first kappa shape index (κ1) is 16.2. The number of aliphatic hydroxyl groups excluding tert-OH is 1. The highest BCUT2D eigenvalue weighted by atomic mass is 35.5. The minimum Gasteiger partial charge on any atom is -0.467 e. The number of amides is 1. The van der Waals surface area contributed by atoms with Crippen molar-refractivity contribution in [3.05, 3.63) is 52.4 Å². The number of hydrogen-bond donors (Lipinski definition) is 2. The van der Waals surface area contributed by atoms with Crippen LogP contribution >= 0.6 is 35.0 Å². The molecule has 112 valence electrons. The van der Waals surface area contributed by atoms with Gasteiger partial charge in [-0.15, -0.1) is 11.8 Å². The van der Waals surface area contributed by atoms with Gasteiger partial charge in [-0.2, -0.15) is 0 Å².